The molecule has 3 rings (SSSR count). The molecule has 1 atom stereocenters. The Morgan fingerprint density at radius 1 is 1.26 bits per heavy atom. The maximum Gasteiger partial charge on any atom is 0.342 e. The first-order valence-electron chi connectivity index (χ1n) is 8.56. The highest BCUT2D eigenvalue weighted by Crippen LogP contribution is 2.37. The quantitative estimate of drug-likeness (QED) is 0.704. The summed E-state index contributed by atoms with van der Waals surface area (Å²) < 4.78 is 10.4. The second kappa shape index (κ2) is 8.67. The lowest BCUT2D eigenvalue weighted by atomic mass is 10.2. The number of hydrogen-bond acceptors (Lipinski definition) is 5. The summed E-state index contributed by atoms with van der Waals surface area (Å²) in [4.78, 5) is 27.9. The maximum atomic E-state index is 12.8. The van der Waals surface area contributed by atoms with Gasteiger partial charge in [-0.15, -0.1) is 11.8 Å². The number of halogens is 1. The summed E-state index contributed by atoms with van der Waals surface area (Å²) in [5, 5.41) is 0.795. The number of esters is 1. The maximum absolute atomic E-state index is 12.8. The van der Waals surface area contributed by atoms with Gasteiger partial charge < -0.3 is 14.4 Å². The van der Waals surface area contributed by atoms with Gasteiger partial charge in [0.25, 0.3) is 5.91 Å². The van der Waals surface area contributed by atoms with E-state index in [0.29, 0.717) is 22.6 Å². The molecule has 1 aliphatic heterocycles. The predicted octanol–water partition coefficient (Wildman–Crippen LogP) is 4.42. The van der Waals surface area contributed by atoms with Gasteiger partial charge in [-0.3, -0.25) is 4.79 Å². The zero-order chi connectivity index (χ0) is 19.4. The van der Waals surface area contributed by atoms with Crippen molar-refractivity contribution in [3.05, 3.63) is 53.1 Å². The largest absolute Gasteiger partial charge is 0.496 e. The van der Waals surface area contributed by atoms with Crippen LogP contribution >= 0.6 is 23.4 Å². The first kappa shape index (κ1) is 19.6. The molecule has 1 aliphatic rings. The summed E-state index contributed by atoms with van der Waals surface area (Å²) in [5.74, 6) is -0.553. The van der Waals surface area contributed by atoms with Crippen molar-refractivity contribution < 1.29 is 19.1 Å². The molecule has 0 spiro atoms. The second-order valence-electron chi connectivity index (χ2n) is 6.15. The number of amides is 1. The summed E-state index contributed by atoms with van der Waals surface area (Å²) in [7, 11) is 1.46. The second-order valence-corrected chi connectivity index (χ2v) is 8.07. The van der Waals surface area contributed by atoms with Gasteiger partial charge in [0, 0.05) is 21.7 Å². The van der Waals surface area contributed by atoms with Gasteiger partial charge in [-0.2, -0.15) is 0 Å². The molecule has 1 heterocycles. The van der Waals surface area contributed by atoms with Gasteiger partial charge in [0.15, 0.2) is 6.61 Å². The fourth-order valence-corrected chi connectivity index (χ4v) is 4.15. The Balaban J connectivity index is 1.73. The minimum Gasteiger partial charge on any atom is -0.496 e. The molecule has 1 amide bonds. The smallest absolute Gasteiger partial charge is 0.342 e. The first-order valence-corrected chi connectivity index (χ1v) is 9.82. The summed E-state index contributed by atoms with van der Waals surface area (Å²) in [6.07, 6.45) is 0.862. The van der Waals surface area contributed by atoms with Crippen LogP contribution in [0.2, 0.25) is 5.02 Å². The van der Waals surface area contributed by atoms with Crippen LogP contribution in [0.25, 0.3) is 0 Å². The number of anilines is 1. The van der Waals surface area contributed by atoms with Crippen molar-refractivity contribution in [2.45, 2.75) is 23.5 Å². The van der Waals surface area contributed by atoms with Crippen molar-refractivity contribution in [1.82, 2.24) is 0 Å². The number of benzene rings is 2. The lowest BCUT2D eigenvalue weighted by Crippen LogP contribution is -2.35. The molecule has 0 aromatic heterocycles. The van der Waals surface area contributed by atoms with Crippen molar-refractivity contribution in [2.24, 2.45) is 0 Å². The molecular formula is C20H20ClNO4S. The molecule has 0 radical (unpaired) electrons. The number of nitrogens with zero attached hydrogens (tertiary/aromatic N) is 1. The van der Waals surface area contributed by atoms with Crippen LogP contribution in [0.5, 0.6) is 5.75 Å². The van der Waals surface area contributed by atoms with Crippen LogP contribution in [-0.2, 0) is 9.53 Å². The van der Waals surface area contributed by atoms with E-state index < -0.39 is 5.97 Å². The van der Waals surface area contributed by atoms with Crippen LogP contribution in [0.1, 0.15) is 23.7 Å². The fraction of sp³-hybridized carbons (Fsp3) is 0.300. The third-order valence-corrected chi connectivity index (χ3v) is 5.72. The summed E-state index contributed by atoms with van der Waals surface area (Å²) >= 11 is 7.70. The summed E-state index contributed by atoms with van der Waals surface area (Å²) in [6, 6.07) is 12.5. The molecule has 0 fully saturated rings. The standard InChI is InChI=1S/C20H20ClNO4S/c1-13-9-10-22(16-5-3-4-6-18(16)27-13)19(23)12-26-20(24)15-11-14(21)7-8-17(15)25-2/h3-8,11,13H,9-10,12H2,1-2H3. The summed E-state index contributed by atoms with van der Waals surface area (Å²) in [5.41, 5.74) is 1.05. The number of hydrogen-bond donors (Lipinski definition) is 0. The minimum absolute atomic E-state index is 0.193. The number of para-hydroxylation sites is 1. The molecule has 0 bridgehead atoms. The average molecular weight is 406 g/mol. The van der Waals surface area contributed by atoms with E-state index in [1.807, 2.05) is 24.3 Å². The Labute approximate surface area is 167 Å². The highest BCUT2D eigenvalue weighted by molar-refractivity contribution is 8.00. The van der Waals surface area contributed by atoms with E-state index in [2.05, 4.69) is 6.92 Å². The van der Waals surface area contributed by atoms with E-state index in [9.17, 15) is 9.59 Å². The molecule has 0 saturated carbocycles. The van der Waals surface area contributed by atoms with Gasteiger partial charge in [-0.1, -0.05) is 30.7 Å². The van der Waals surface area contributed by atoms with Gasteiger partial charge in [-0.25, -0.2) is 4.79 Å². The SMILES string of the molecule is COc1ccc(Cl)cc1C(=O)OCC(=O)N1CCC(C)Sc2ccccc21. The van der Waals surface area contributed by atoms with Crippen LogP contribution in [0.15, 0.2) is 47.4 Å². The van der Waals surface area contributed by atoms with Crippen molar-refractivity contribution >= 4 is 40.9 Å². The van der Waals surface area contributed by atoms with Crippen LogP contribution in [0.4, 0.5) is 5.69 Å². The number of fused-ring (bicyclic) bond motifs is 1. The first-order chi connectivity index (χ1) is 13.0. The van der Waals surface area contributed by atoms with E-state index in [-0.39, 0.29) is 18.1 Å². The normalized spacial score (nSPS) is 16.3. The zero-order valence-electron chi connectivity index (χ0n) is 15.1. The van der Waals surface area contributed by atoms with E-state index in [1.54, 1.807) is 28.8 Å². The molecule has 0 N–H and O–H groups in total. The highest BCUT2D eigenvalue weighted by Gasteiger charge is 2.25. The van der Waals surface area contributed by atoms with Crippen LogP contribution in [0, 0.1) is 0 Å². The molecule has 5 nitrogen and oxygen atoms in total. The van der Waals surface area contributed by atoms with Gasteiger partial charge >= 0.3 is 5.97 Å². The minimum atomic E-state index is -0.645. The Bertz CT molecular complexity index is 858. The van der Waals surface area contributed by atoms with Crippen molar-refractivity contribution in [3.63, 3.8) is 0 Å². The molecule has 1 unspecified atom stereocenters. The number of thioether (sulfide) groups is 1. The predicted molar refractivity (Wildman–Crippen MR) is 107 cm³/mol. The van der Waals surface area contributed by atoms with Crippen molar-refractivity contribution in [2.75, 3.05) is 25.2 Å². The molecule has 27 heavy (non-hydrogen) atoms. The number of rotatable bonds is 4. The Hall–Kier alpha value is -2.18. The molecule has 7 heteroatoms. The van der Waals surface area contributed by atoms with Gasteiger partial charge in [-0.05, 0) is 36.8 Å². The monoisotopic (exact) mass is 405 g/mol. The lowest BCUT2D eigenvalue weighted by molar-refractivity contribution is -0.121. The van der Waals surface area contributed by atoms with Gasteiger partial charge in [0.1, 0.15) is 11.3 Å². The highest BCUT2D eigenvalue weighted by atomic mass is 35.5. The van der Waals surface area contributed by atoms with E-state index >= 15 is 0 Å². The van der Waals surface area contributed by atoms with Crippen LogP contribution in [-0.4, -0.2) is 37.4 Å². The van der Waals surface area contributed by atoms with Crippen LogP contribution in [0.3, 0.4) is 0 Å². The summed E-state index contributed by atoms with van der Waals surface area (Å²) in [6.45, 7) is 2.38. The van der Waals surface area contributed by atoms with Crippen LogP contribution < -0.4 is 9.64 Å². The van der Waals surface area contributed by atoms with Gasteiger partial charge in [0.05, 0.1) is 12.8 Å². The number of carbonyl (C=O) groups is 2. The van der Waals surface area contributed by atoms with Gasteiger partial charge in [0.2, 0.25) is 0 Å². The molecular weight excluding hydrogens is 386 g/mol. The van der Waals surface area contributed by atoms with Crippen molar-refractivity contribution in [1.29, 1.82) is 0 Å². The van der Waals surface area contributed by atoms with E-state index in [1.165, 1.54) is 13.2 Å². The third-order valence-electron chi connectivity index (χ3n) is 4.25. The Kier molecular flexibility index (Phi) is 6.29. The molecule has 142 valence electrons. The molecule has 2 aromatic rings. The topological polar surface area (TPSA) is 55.8 Å². The molecule has 2 aromatic carbocycles. The number of carbonyl (C=O) groups excluding carboxylic acids is 2. The zero-order valence-corrected chi connectivity index (χ0v) is 16.7. The van der Waals surface area contributed by atoms with E-state index in [0.717, 1.165) is 17.0 Å². The Morgan fingerprint density at radius 3 is 2.81 bits per heavy atom. The Morgan fingerprint density at radius 2 is 2.04 bits per heavy atom. The fourth-order valence-electron chi connectivity index (χ4n) is 2.87. The lowest BCUT2D eigenvalue weighted by Gasteiger charge is -2.22. The van der Waals surface area contributed by atoms with E-state index in [4.69, 9.17) is 21.1 Å². The number of ether oxygens (including phenoxy) is 2. The molecule has 0 saturated heterocycles. The average Bonchev–Trinajstić information content (AvgIpc) is 2.84. The van der Waals surface area contributed by atoms with Crippen molar-refractivity contribution in [3.8, 4) is 5.75 Å². The number of methoxy groups -OCH3 is 1. The third kappa shape index (κ3) is 4.57. The molecule has 0 aliphatic carbocycles.